The molecule has 0 unspecified atom stereocenters. The standard InChI is InChI=1S/C13H14BrFN4/c1-2-16-12-11(14)13(19-8-18-12)17-7-9-3-5-10(15)6-4-9/h3-6,8H,2,7H2,1H3,(H2,16,17,18,19). The minimum Gasteiger partial charge on any atom is -0.369 e. The Labute approximate surface area is 119 Å². The van der Waals surface area contributed by atoms with Gasteiger partial charge in [0.25, 0.3) is 0 Å². The first kappa shape index (κ1) is 13.7. The number of anilines is 2. The van der Waals surface area contributed by atoms with E-state index in [1.807, 2.05) is 6.92 Å². The van der Waals surface area contributed by atoms with Gasteiger partial charge >= 0.3 is 0 Å². The van der Waals surface area contributed by atoms with Crippen LogP contribution in [0.5, 0.6) is 0 Å². The number of nitrogens with one attached hydrogen (secondary N) is 2. The van der Waals surface area contributed by atoms with E-state index in [0.29, 0.717) is 12.4 Å². The minimum atomic E-state index is -0.235. The first-order chi connectivity index (χ1) is 9.20. The highest BCUT2D eigenvalue weighted by molar-refractivity contribution is 9.10. The van der Waals surface area contributed by atoms with Crippen LogP contribution in [-0.4, -0.2) is 16.5 Å². The average molecular weight is 325 g/mol. The van der Waals surface area contributed by atoms with Crippen LogP contribution in [0.25, 0.3) is 0 Å². The molecule has 6 heteroatoms. The van der Waals surface area contributed by atoms with Crippen molar-refractivity contribution in [1.29, 1.82) is 0 Å². The van der Waals surface area contributed by atoms with Gasteiger partial charge in [-0.1, -0.05) is 12.1 Å². The summed E-state index contributed by atoms with van der Waals surface area (Å²) >= 11 is 3.46. The Morgan fingerprint density at radius 2 is 1.74 bits per heavy atom. The Balaban J connectivity index is 2.07. The molecule has 0 aliphatic heterocycles. The topological polar surface area (TPSA) is 49.8 Å². The number of aromatic nitrogens is 2. The van der Waals surface area contributed by atoms with Gasteiger partial charge in [0, 0.05) is 13.1 Å². The Bertz CT molecular complexity index is 545. The van der Waals surface area contributed by atoms with Gasteiger partial charge in [0.2, 0.25) is 0 Å². The number of hydrogen-bond acceptors (Lipinski definition) is 4. The van der Waals surface area contributed by atoms with Gasteiger partial charge in [-0.25, -0.2) is 14.4 Å². The molecule has 1 aromatic heterocycles. The molecule has 0 radical (unpaired) electrons. The van der Waals surface area contributed by atoms with Gasteiger partial charge in [0.15, 0.2) is 0 Å². The summed E-state index contributed by atoms with van der Waals surface area (Å²) in [6.07, 6.45) is 1.50. The quantitative estimate of drug-likeness (QED) is 0.884. The van der Waals surface area contributed by atoms with Crippen molar-refractivity contribution < 1.29 is 4.39 Å². The fourth-order valence-electron chi connectivity index (χ4n) is 1.57. The zero-order valence-electron chi connectivity index (χ0n) is 10.5. The van der Waals surface area contributed by atoms with E-state index in [9.17, 15) is 4.39 Å². The highest BCUT2D eigenvalue weighted by atomic mass is 79.9. The molecule has 2 aromatic rings. The minimum absolute atomic E-state index is 0.235. The van der Waals surface area contributed by atoms with Crippen molar-refractivity contribution in [1.82, 2.24) is 9.97 Å². The maximum absolute atomic E-state index is 12.8. The Morgan fingerprint density at radius 3 is 2.37 bits per heavy atom. The average Bonchev–Trinajstić information content (AvgIpc) is 2.42. The third-order valence-corrected chi connectivity index (χ3v) is 3.26. The molecule has 19 heavy (non-hydrogen) atoms. The molecule has 0 aliphatic carbocycles. The predicted molar refractivity (Wildman–Crippen MR) is 77.6 cm³/mol. The van der Waals surface area contributed by atoms with E-state index < -0.39 is 0 Å². The van der Waals surface area contributed by atoms with Crippen molar-refractivity contribution in [2.24, 2.45) is 0 Å². The third kappa shape index (κ3) is 3.64. The summed E-state index contributed by atoms with van der Waals surface area (Å²) in [7, 11) is 0. The monoisotopic (exact) mass is 324 g/mol. The van der Waals surface area contributed by atoms with Crippen LogP contribution in [-0.2, 0) is 6.54 Å². The maximum Gasteiger partial charge on any atom is 0.146 e. The predicted octanol–water partition coefficient (Wildman–Crippen LogP) is 3.42. The molecule has 0 aliphatic rings. The van der Waals surface area contributed by atoms with Crippen LogP contribution in [0.3, 0.4) is 0 Å². The Hall–Kier alpha value is -1.69. The van der Waals surface area contributed by atoms with Crippen LogP contribution < -0.4 is 10.6 Å². The second-order valence-corrected chi connectivity index (χ2v) is 4.69. The normalized spacial score (nSPS) is 10.3. The van der Waals surface area contributed by atoms with E-state index >= 15 is 0 Å². The summed E-state index contributed by atoms with van der Waals surface area (Å²) in [6, 6.07) is 6.36. The molecule has 2 N–H and O–H groups in total. The first-order valence-electron chi connectivity index (χ1n) is 5.93. The number of benzene rings is 1. The largest absolute Gasteiger partial charge is 0.369 e. The van der Waals surface area contributed by atoms with E-state index in [-0.39, 0.29) is 5.82 Å². The number of hydrogen-bond donors (Lipinski definition) is 2. The van der Waals surface area contributed by atoms with Gasteiger partial charge < -0.3 is 10.6 Å². The summed E-state index contributed by atoms with van der Waals surface area (Å²) in [5.41, 5.74) is 0.983. The van der Waals surface area contributed by atoms with E-state index in [1.54, 1.807) is 12.1 Å². The second-order valence-electron chi connectivity index (χ2n) is 3.90. The van der Waals surface area contributed by atoms with Crippen LogP contribution >= 0.6 is 15.9 Å². The van der Waals surface area contributed by atoms with Crippen molar-refractivity contribution in [3.63, 3.8) is 0 Å². The molecule has 0 atom stereocenters. The summed E-state index contributed by atoms with van der Waals surface area (Å²) in [6.45, 7) is 3.36. The lowest BCUT2D eigenvalue weighted by molar-refractivity contribution is 0.627. The van der Waals surface area contributed by atoms with Gasteiger partial charge in [-0.2, -0.15) is 0 Å². The molecule has 1 aromatic carbocycles. The summed E-state index contributed by atoms with van der Waals surface area (Å²) in [4.78, 5) is 8.31. The molecule has 4 nitrogen and oxygen atoms in total. The highest BCUT2D eigenvalue weighted by Crippen LogP contribution is 2.26. The molecular formula is C13H14BrFN4. The lowest BCUT2D eigenvalue weighted by Gasteiger charge is -2.10. The number of halogens is 2. The molecule has 0 bridgehead atoms. The van der Waals surface area contributed by atoms with Gasteiger partial charge in [-0.3, -0.25) is 0 Å². The maximum atomic E-state index is 12.8. The van der Waals surface area contributed by atoms with Gasteiger partial charge in [-0.05, 0) is 40.5 Å². The van der Waals surface area contributed by atoms with Gasteiger partial charge in [0.1, 0.15) is 28.3 Å². The van der Waals surface area contributed by atoms with Crippen LogP contribution in [0.1, 0.15) is 12.5 Å². The van der Waals surface area contributed by atoms with E-state index in [2.05, 4.69) is 36.5 Å². The Kier molecular flexibility index (Phi) is 4.68. The lowest BCUT2D eigenvalue weighted by Crippen LogP contribution is -2.06. The van der Waals surface area contributed by atoms with Gasteiger partial charge in [0.05, 0.1) is 0 Å². The van der Waals surface area contributed by atoms with E-state index in [1.165, 1.54) is 18.5 Å². The van der Waals surface area contributed by atoms with Crippen LogP contribution in [0.2, 0.25) is 0 Å². The SMILES string of the molecule is CCNc1ncnc(NCc2ccc(F)cc2)c1Br. The van der Waals surface area contributed by atoms with Crippen LogP contribution in [0.15, 0.2) is 35.1 Å². The lowest BCUT2D eigenvalue weighted by atomic mass is 10.2. The molecule has 0 fully saturated rings. The molecule has 0 spiro atoms. The van der Waals surface area contributed by atoms with E-state index in [4.69, 9.17) is 0 Å². The zero-order chi connectivity index (χ0) is 13.7. The molecule has 100 valence electrons. The molecule has 2 rings (SSSR count). The Morgan fingerprint density at radius 1 is 1.11 bits per heavy atom. The summed E-state index contributed by atoms with van der Waals surface area (Å²) in [5.74, 6) is 1.22. The smallest absolute Gasteiger partial charge is 0.146 e. The molecular weight excluding hydrogens is 311 g/mol. The third-order valence-electron chi connectivity index (χ3n) is 2.51. The van der Waals surface area contributed by atoms with Crippen LogP contribution in [0.4, 0.5) is 16.0 Å². The second kappa shape index (κ2) is 6.47. The summed E-state index contributed by atoms with van der Waals surface area (Å²) < 4.78 is 13.6. The molecule has 0 saturated heterocycles. The molecule has 1 heterocycles. The van der Waals surface area contributed by atoms with Crippen molar-refractivity contribution in [3.8, 4) is 0 Å². The fraction of sp³-hybridized carbons (Fsp3) is 0.231. The van der Waals surface area contributed by atoms with Gasteiger partial charge in [-0.15, -0.1) is 0 Å². The zero-order valence-corrected chi connectivity index (χ0v) is 12.0. The summed E-state index contributed by atoms with van der Waals surface area (Å²) in [5, 5.41) is 6.32. The molecule has 0 saturated carbocycles. The fourth-order valence-corrected chi connectivity index (χ4v) is 2.06. The van der Waals surface area contributed by atoms with Crippen molar-refractivity contribution >= 4 is 27.6 Å². The van der Waals surface area contributed by atoms with Crippen LogP contribution in [0, 0.1) is 5.82 Å². The number of nitrogens with zero attached hydrogens (tertiary/aromatic N) is 2. The number of rotatable bonds is 5. The first-order valence-corrected chi connectivity index (χ1v) is 6.72. The molecule has 0 amide bonds. The highest BCUT2D eigenvalue weighted by Gasteiger charge is 2.07. The van der Waals surface area contributed by atoms with Crippen molar-refractivity contribution in [3.05, 3.63) is 46.4 Å². The van der Waals surface area contributed by atoms with E-state index in [0.717, 1.165) is 22.4 Å². The van der Waals surface area contributed by atoms with Crippen molar-refractivity contribution in [2.45, 2.75) is 13.5 Å². The van der Waals surface area contributed by atoms with Crippen molar-refractivity contribution in [2.75, 3.05) is 17.2 Å².